The van der Waals surface area contributed by atoms with E-state index in [1.165, 1.54) is 25.7 Å². The molecule has 5 heteroatoms. The van der Waals surface area contributed by atoms with Gasteiger partial charge in [0, 0.05) is 19.6 Å². The Kier molecular flexibility index (Phi) is 4.44. The first kappa shape index (κ1) is 13.3. The summed E-state index contributed by atoms with van der Waals surface area (Å²) >= 11 is 0. The van der Waals surface area contributed by atoms with Gasteiger partial charge in [-0.1, -0.05) is 12.8 Å². The van der Waals surface area contributed by atoms with E-state index in [9.17, 15) is 8.42 Å². The maximum Gasteiger partial charge on any atom is 0.215 e. The summed E-state index contributed by atoms with van der Waals surface area (Å²) in [6.07, 6.45) is 6.98. The van der Waals surface area contributed by atoms with Crippen LogP contribution in [-0.4, -0.2) is 44.7 Å². The molecular weight excluding hydrogens is 236 g/mol. The van der Waals surface area contributed by atoms with Crippen LogP contribution in [0.3, 0.4) is 0 Å². The van der Waals surface area contributed by atoms with Gasteiger partial charge in [-0.3, -0.25) is 0 Å². The molecule has 1 atom stereocenters. The number of piperidine rings is 1. The molecule has 0 radical (unpaired) electrons. The number of sulfonamides is 1. The standard InChI is InChI=1S/C12H24N2O2S/c1-14(9-11-5-4-6-11)17(15,16)10-12-7-2-3-8-13-12/h11-13H,2-10H2,1H3. The van der Waals surface area contributed by atoms with E-state index in [2.05, 4.69) is 5.32 Å². The Labute approximate surface area is 105 Å². The van der Waals surface area contributed by atoms with E-state index < -0.39 is 10.0 Å². The molecule has 0 amide bonds. The molecular formula is C12H24N2O2S. The van der Waals surface area contributed by atoms with Gasteiger partial charge in [0.25, 0.3) is 0 Å². The van der Waals surface area contributed by atoms with E-state index in [1.54, 1.807) is 11.4 Å². The predicted molar refractivity (Wildman–Crippen MR) is 69.4 cm³/mol. The second kappa shape index (κ2) is 5.67. The molecule has 4 nitrogen and oxygen atoms in total. The zero-order valence-electron chi connectivity index (χ0n) is 10.7. The summed E-state index contributed by atoms with van der Waals surface area (Å²) in [5, 5.41) is 3.31. The maximum absolute atomic E-state index is 12.2. The molecule has 100 valence electrons. The molecule has 1 N–H and O–H groups in total. The zero-order valence-corrected chi connectivity index (χ0v) is 11.5. The van der Waals surface area contributed by atoms with Crippen LogP contribution in [0.2, 0.25) is 0 Å². The van der Waals surface area contributed by atoms with Crippen molar-refractivity contribution in [3.63, 3.8) is 0 Å². The number of nitrogens with zero attached hydrogens (tertiary/aromatic N) is 1. The van der Waals surface area contributed by atoms with Crippen molar-refractivity contribution in [2.45, 2.75) is 44.6 Å². The van der Waals surface area contributed by atoms with Crippen molar-refractivity contribution < 1.29 is 8.42 Å². The molecule has 2 fully saturated rings. The molecule has 2 rings (SSSR count). The molecule has 1 unspecified atom stereocenters. The Morgan fingerprint density at radius 1 is 1.18 bits per heavy atom. The number of hydrogen-bond donors (Lipinski definition) is 1. The van der Waals surface area contributed by atoms with Gasteiger partial charge in [0.2, 0.25) is 10.0 Å². The van der Waals surface area contributed by atoms with Crippen LogP contribution in [0.5, 0.6) is 0 Å². The average molecular weight is 260 g/mol. The molecule has 2 aliphatic rings. The lowest BCUT2D eigenvalue weighted by atomic mass is 9.86. The first-order valence-electron chi connectivity index (χ1n) is 6.75. The van der Waals surface area contributed by atoms with Gasteiger partial charge in [-0.25, -0.2) is 12.7 Å². The first-order chi connectivity index (χ1) is 8.08. The molecule has 1 saturated carbocycles. The van der Waals surface area contributed by atoms with Crippen LogP contribution in [0.4, 0.5) is 0 Å². The van der Waals surface area contributed by atoms with E-state index in [-0.39, 0.29) is 11.8 Å². The summed E-state index contributed by atoms with van der Waals surface area (Å²) in [5.74, 6) is 0.880. The van der Waals surface area contributed by atoms with Gasteiger partial charge in [0.15, 0.2) is 0 Å². The van der Waals surface area contributed by atoms with E-state index >= 15 is 0 Å². The monoisotopic (exact) mass is 260 g/mol. The van der Waals surface area contributed by atoms with Crippen molar-refractivity contribution in [1.82, 2.24) is 9.62 Å². The highest BCUT2D eigenvalue weighted by Gasteiger charge is 2.28. The molecule has 1 heterocycles. The van der Waals surface area contributed by atoms with Crippen LogP contribution in [0.15, 0.2) is 0 Å². The third-order valence-corrected chi connectivity index (χ3v) is 5.96. The lowest BCUT2D eigenvalue weighted by Crippen LogP contribution is -2.44. The minimum absolute atomic E-state index is 0.164. The van der Waals surface area contributed by atoms with Crippen LogP contribution in [-0.2, 0) is 10.0 Å². The molecule has 0 aromatic heterocycles. The van der Waals surface area contributed by atoms with Gasteiger partial charge in [0.1, 0.15) is 0 Å². The van der Waals surface area contributed by atoms with Gasteiger partial charge >= 0.3 is 0 Å². The summed E-state index contributed by atoms with van der Waals surface area (Å²) < 4.78 is 25.9. The van der Waals surface area contributed by atoms with Crippen LogP contribution >= 0.6 is 0 Å². The summed E-state index contributed by atoms with van der Waals surface area (Å²) in [4.78, 5) is 0. The number of rotatable bonds is 5. The Bertz CT molecular complexity index is 332. The first-order valence-corrected chi connectivity index (χ1v) is 8.36. The van der Waals surface area contributed by atoms with E-state index in [0.29, 0.717) is 5.92 Å². The smallest absolute Gasteiger partial charge is 0.215 e. The Balaban J connectivity index is 1.83. The normalized spacial score (nSPS) is 27.1. The summed E-state index contributed by atoms with van der Waals surface area (Å²) in [6, 6.07) is 0.164. The quantitative estimate of drug-likeness (QED) is 0.808. The fourth-order valence-electron chi connectivity index (χ4n) is 2.60. The van der Waals surface area contributed by atoms with Gasteiger partial charge in [-0.2, -0.15) is 0 Å². The lowest BCUT2D eigenvalue weighted by molar-refractivity contribution is 0.262. The topological polar surface area (TPSA) is 49.4 Å². The summed E-state index contributed by atoms with van der Waals surface area (Å²) in [5.41, 5.74) is 0. The number of nitrogens with one attached hydrogen (secondary N) is 1. The van der Waals surface area contributed by atoms with Gasteiger partial charge in [-0.15, -0.1) is 0 Å². The molecule has 17 heavy (non-hydrogen) atoms. The number of hydrogen-bond acceptors (Lipinski definition) is 3. The minimum atomic E-state index is -3.06. The average Bonchev–Trinajstić information content (AvgIpc) is 2.24. The second-order valence-corrected chi connectivity index (χ2v) is 7.62. The predicted octanol–water partition coefficient (Wildman–Crippen LogP) is 1.19. The third-order valence-electron chi connectivity index (χ3n) is 4.04. The van der Waals surface area contributed by atoms with Gasteiger partial charge < -0.3 is 5.32 Å². The fourth-order valence-corrected chi connectivity index (χ4v) is 4.09. The van der Waals surface area contributed by atoms with E-state index in [4.69, 9.17) is 0 Å². The Hall–Kier alpha value is -0.130. The largest absolute Gasteiger partial charge is 0.313 e. The zero-order chi connectivity index (χ0) is 12.3. The molecule has 1 aliphatic heterocycles. The van der Waals surface area contributed by atoms with Crippen molar-refractivity contribution in [3.05, 3.63) is 0 Å². The SMILES string of the molecule is CN(CC1CCC1)S(=O)(=O)CC1CCCCN1. The lowest BCUT2D eigenvalue weighted by Gasteiger charge is -2.31. The van der Waals surface area contributed by atoms with Crippen LogP contribution in [0.1, 0.15) is 38.5 Å². The fraction of sp³-hybridized carbons (Fsp3) is 1.00. The minimum Gasteiger partial charge on any atom is -0.313 e. The van der Waals surface area contributed by atoms with Crippen molar-refractivity contribution in [2.24, 2.45) is 5.92 Å². The highest BCUT2D eigenvalue weighted by atomic mass is 32.2. The molecule has 1 saturated heterocycles. The van der Waals surface area contributed by atoms with Crippen molar-refractivity contribution in [2.75, 3.05) is 25.9 Å². The molecule has 0 aromatic carbocycles. The van der Waals surface area contributed by atoms with Crippen LogP contribution in [0.25, 0.3) is 0 Å². The van der Waals surface area contributed by atoms with Crippen molar-refractivity contribution in [3.8, 4) is 0 Å². The summed E-state index contributed by atoms with van der Waals surface area (Å²) in [7, 11) is -1.33. The highest BCUT2D eigenvalue weighted by Crippen LogP contribution is 2.27. The van der Waals surface area contributed by atoms with E-state index in [0.717, 1.165) is 25.9 Å². The molecule has 1 aliphatic carbocycles. The third kappa shape index (κ3) is 3.66. The molecule has 0 bridgehead atoms. The second-order valence-electron chi connectivity index (χ2n) is 5.50. The van der Waals surface area contributed by atoms with Crippen molar-refractivity contribution >= 4 is 10.0 Å². The molecule has 0 spiro atoms. The highest BCUT2D eigenvalue weighted by molar-refractivity contribution is 7.89. The van der Waals surface area contributed by atoms with Gasteiger partial charge in [0.05, 0.1) is 5.75 Å². The van der Waals surface area contributed by atoms with Crippen LogP contribution in [0, 0.1) is 5.92 Å². The van der Waals surface area contributed by atoms with Crippen molar-refractivity contribution in [1.29, 1.82) is 0 Å². The van der Waals surface area contributed by atoms with E-state index in [1.807, 2.05) is 0 Å². The maximum atomic E-state index is 12.2. The molecule has 0 aromatic rings. The summed E-state index contributed by atoms with van der Waals surface area (Å²) in [6.45, 7) is 1.68. The Morgan fingerprint density at radius 3 is 2.47 bits per heavy atom. The Morgan fingerprint density at radius 2 is 1.94 bits per heavy atom. The van der Waals surface area contributed by atoms with Gasteiger partial charge in [-0.05, 0) is 38.1 Å². The van der Waals surface area contributed by atoms with Crippen LogP contribution < -0.4 is 5.32 Å².